The lowest BCUT2D eigenvalue weighted by molar-refractivity contribution is 0.100. The topological polar surface area (TPSA) is 107 Å². The number of amides is 1. The third-order valence-electron chi connectivity index (χ3n) is 4.92. The molecular weight excluding hydrogens is 372 g/mol. The van der Waals surface area contributed by atoms with Crippen molar-refractivity contribution in [3.8, 4) is 16.2 Å². The van der Waals surface area contributed by atoms with Gasteiger partial charge in [0.1, 0.15) is 5.75 Å². The zero-order chi connectivity index (χ0) is 19.8. The molecule has 0 fully saturated rings. The Morgan fingerprint density at radius 1 is 1.21 bits per heavy atom. The number of carbonyl (C=O) groups is 1. The van der Waals surface area contributed by atoms with Crippen LogP contribution in [0.3, 0.4) is 0 Å². The maximum atomic E-state index is 12.1. The molecule has 0 saturated carbocycles. The summed E-state index contributed by atoms with van der Waals surface area (Å²) in [6.45, 7) is 2.06. The number of benzene rings is 2. The Kier molecular flexibility index (Phi) is 4.52. The van der Waals surface area contributed by atoms with Gasteiger partial charge in [0.05, 0.1) is 17.5 Å². The van der Waals surface area contributed by atoms with Gasteiger partial charge in [-0.25, -0.2) is 0 Å². The van der Waals surface area contributed by atoms with Gasteiger partial charge in [0.25, 0.3) is 5.91 Å². The number of aromatic amines is 1. The van der Waals surface area contributed by atoms with Crippen LogP contribution in [0.1, 0.15) is 33.6 Å². The van der Waals surface area contributed by atoms with Gasteiger partial charge in [0, 0.05) is 16.2 Å². The molecule has 0 aliphatic heterocycles. The molecule has 1 atom stereocenters. The number of nitrogens with zero attached hydrogens (tertiary/aromatic N) is 1. The van der Waals surface area contributed by atoms with Gasteiger partial charge in [0.2, 0.25) is 0 Å². The summed E-state index contributed by atoms with van der Waals surface area (Å²) in [7, 11) is 1.64. The van der Waals surface area contributed by atoms with Gasteiger partial charge in [-0.3, -0.25) is 9.89 Å². The van der Waals surface area contributed by atoms with Crippen LogP contribution in [0.4, 0.5) is 5.82 Å². The van der Waals surface area contributed by atoms with Crippen molar-refractivity contribution in [1.29, 1.82) is 0 Å². The largest absolute Gasteiger partial charge is 0.497 e. The molecule has 1 amide bonds. The number of primary amides is 1. The highest BCUT2D eigenvalue weighted by atomic mass is 32.1. The van der Waals surface area contributed by atoms with E-state index < -0.39 is 5.91 Å². The Balaban J connectivity index is 1.80. The fourth-order valence-corrected chi connectivity index (χ4v) is 4.44. The van der Waals surface area contributed by atoms with Crippen LogP contribution in [0.5, 0.6) is 5.75 Å². The van der Waals surface area contributed by atoms with Crippen molar-refractivity contribution in [2.24, 2.45) is 5.73 Å². The lowest BCUT2D eigenvalue weighted by atomic mass is 9.92. The molecule has 0 unspecified atom stereocenters. The quantitative estimate of drug-likeness (QED) is 0.474. The van der Waals surface area contributed by atoms with Crippen LogP contribution < -0.4 is 16.2 Å². The number of H-pyrrole nitrogens is 1. The van der Waals surface area contributed by atoms with E-state index >= 15 is 0 Å². The van der Waals surface area contributed by atoms with Gasteiger partial charge in [-0.15, -0.1) is 11.3 Å². The molecule has 5 N–H and O–H groups in total. The maximum Gasteiger partial charge on any atom is 0.259 e. The number of nitrogen functional groups attached to an aromatic ring is 1. The molecule has 4 rings (SSSR count). The summed E-state index contributed by atoms with van der Waals surface area (Å²) in [6.07, 6.45) is 0. The Morgan fingerprint density at radius 2 is 2.04 bits per heavy atom. The van der Waals surface area contributed by atoms with Crippen LogP contribution in [0.15, 0.2) is 48.5 Å². The van der Waals surface area contributed by atoms with E-state index in [9.17, 15) is 4.79 Å². The lowest BCUT2D eigenvalue weighted by Crippen LogP contribution is -2.12. The average Bonchev–Trinajstić information content (AvgIpc) is 3.32. The third-order valence-corrected chi connectivity index (χ3v) is 6.14. The molecule has 7 heteroatoms. The van der Waals surface area contributed by atoms with Gasteiger partial charge in [-0.05, 0) is 47.0 Å². The van der Waals surface area contributed by atoms with Crippen LogP contribution in [-0.4, -0.2) is 23.2 Å². The summed E-state index contributed by atoms with van der Waals surface area (Å²) in [5, 5.41) is 7.79. The van der Waals surface area contributed by atoms with Gasteiger partial charge in [-0.2, -0.15) is 5.10 Å². The molecule has 0 bridgehead atoms. The monoisotopic (exact) mass is 392 g/mol. The van der Waals surface area contributed by atoms with E-state index in [1.165, 1.54) is 11.3 Å². The zero-order valence-electron chi connectivity index (χ0n) is 15.5. The zero-order valence-corrected chi connectivity index (χ0v) is 16.3. The number of carbonyl (C=O) groups excluding carboxylic acids is 1. The van der Waals surface area contributed by atoms with Crippen LogP contribution in [0, 0.1) is 0 Å². The highest BCUT2D eigenvalue weighted by molar-refractivity contribution is 7.17. The van der Waals surface area contributed by atoms with E-state index in [1.807, 2.05) is 48.5 Å². The van der Waals surface area contributed by atoms with E-state index in [0.29, 0.717) is 10.7 Å². The van der Waals surface area contributed by atoms with Crippen LogP contribution in [-0.2, 0) is 0 Å². The summed E-state index contributed by atoms with van der Waals surface area (Å²) < 4.78 is 5.33. The minimum atomic E-state index is -0.426. The Hall–Kier alpha value is -3.32. The Morgan fingerprint density at radius 3 is 2.79 bits per heavy atom. The molecule has 142 valence electrons. The molecule has 2 aromatic carbocycles. The third kappa shape index (κ3) is 3.10. The predicted octanol–water partition coefficient (Wildman–Crippen LogP) is 4.13. The number of thiophene rings is 1. The number of nitrogens with one attached hydrogen (secondary N) is 1. The predicted molar refractivity (Wildman–Crippen MR) is 113 cm³/mol. The van der Waals surface area contributed by atoms with Crippen molar-refractivity contribution in [2.45, 2.75) is 12.8 Å². The Labute approximate surface area is 166 Å². The highest BCUT2D eigenvalue weighted by Crippen LogP contribution is 2.39. The molecule has 0 spiro atoms. The number of nitrogens with two attached hydrogens (primary N) is 2. The Bertz CT molecular complexity index is 1180. The molecule has 2 heterocycles. The molecule has 28 heavy (non-hydrogen) atoms. The van der Waals surface area contributed by atoms with Crippen molar-refractivity contribution in [3.63, 3.8) is 0 Å². The van der Waals surface area contributed by atoms with Crippen molar-refractivity contribution in [1.82, 2.24) is 10.2 Å². The molecule has 0 saturated heterocycles. The molecule has 0 radical (unpaired) electrons. The summed E-state index contributed by atoms with van der Waals surface area (Å²) in [6, 6.07) is 15.8. The van der Waals surface area contributed by atoms with Crippen molar-refractivity contribution in [3.05, 3.63) is 64.5 Å². The van der Waals surface area contributed by atoms with Gasteiger partial charge in [-0.1, -0.05) is 25.1 Å². The lowest BCUT2D eigenvalue weighted by Gasteiger charge is -2.13. The molecule has 6 nitrogen and oxygen atoms in total. The number of methoxy groups -OCH3 is 1. The number of rotatable bonds is 5. The van der Waals surface area contributed by atoms with Gasteiger partial charge < -0.3 is 16.2 Å². The molecular formula is C21H20N4O2S. The standard InChI is InChI=1S/C21H20N4O2S/c1-11(12-4-3-5-14(8-12)27-2)15-10-18(28-19(15)21(23)26)13-6-7-17-16(9-13)20(22)25-24-17/h3-11H,1-2H3,(H2,23,26)(H3,22,24,25)/t11-/m1/s1. The number of fused-ring (bicyclic) bond motifs is 1. The first-order valence-electron chi connectivity index (χ1n) is 8.79. The number of hydrogen-bond donors (Lipinski definition) is 3. The van der Waals surface area contributed by atoms with E-state index in [0.717, 1.165) is 38.2 Å². The first-order valence-corrected chi connectivity index (χ1v) is 9.61. The van der Waals surface area contributed by atoms with E-state index in [1.54, 1.807) is 7.11 Å². The van der Waals surface area contributed by atoms with Crippen LogP contribution in [0.25, 0.3) is 21.3 Å². The summed E-state index contributed by atoms with van der Waals surface area (Å²) in [4.78, 5) is 13.6. The molecule has 4 aromatic rings. The fraction of sp³-hybridized carbons (Fsp3) is 0.143. The van der Waals surface area contributed by atoms with Crippen LogP contribution >= 0.6 is 11.3 Å². The van der Waals surface area contributed by atoms with E-state index in [4.69, 9.17) is 16.2 Å². The first-order chi connectivity index (χ1) is 13.5. The fourth-order valence-electron chi connectivity index (χ4n) is 3.34. The number of aromatic nitrogens is 2. The normalized spacial score (nSPS) is 12.2. The number of anilines is 1. The highest BCUT2D eigenvalue weighted by Gasteiger charge is 2.21. The van der Waals surface area contributed by atoms with Crippen molar-refractivity contribution >= 4 is 34.0 Å². The average molecular weight is 392 g/mol. The summed E-state index contributed by atoms with van der Waals surface area (Å²) in [5.74, 6) is 0.796. The summed E-state index contributed by atoms with van der Waals surface area (Å²) in [5.41, 5.74) is 15.4. The van der Waals surface area contributed by atoms with Gasteiger partial charge in [0.15, 0.2) is 5.82 Å². The van der Waals surface area contributed by atoms with E-state index in [-0.39, 0.29) is 5.92 Å². The smallest absolute Gasteiger partial charge is 0.259 e. The SMILES string of the molecule is COc1cccc([C@@H](C)c2cc(-c3ccc4[nH]nc(N)c4c3)sc2C(N)=O)c1. The van der Waals surface area contributed by atoms with Crippen molar-refractivity contribution in [2.75, 3.05) is 12.8 Å². The minimum Gasteiger partial charge on any atom is -0.497 e. The van der Waals surface area contributed by atoms with Crippen LogP contribution in [0.2, 0.25) is 0 Å². The molecule has 2 aromatic heterocycles. The molecule has 0 aliphatic carbocycles. The second-order valence-corrected chi connectivity index (χ2v) is 7.68. The van der Waals surface area contributed by atoms with Crippen molar-refractivity contribution < 1.29 is 9.53 Å². The number of hydrogen-bond acceptors (Lipinski definition) is 5. The van der Waals surface area contributed by atoms with Gasteiger partial charge >= 0.3 is 0 Å². The second-order valence-electron chi connectivity index (χ2n) is 6.63. The summed E-state index contributed by atoms with van der Waals surface area (Å²) >= 11 is 1.39. The second kappa shape index (κ2) is 7.01. The number of ether oxygens (including phenoxy) is 1. The van der Waals surface area contributed by atoms with E-state index in [2.05, 4.69) is 17.1 Å². The first kappa shape index (κ1) is 18.1. The molecule has 0 aliphatic rings. The minimum absolute atomic E-state index is 0.00896. The maximum absolute atomic E-state index is 12.1.